The Kier molecular flexibility index (Phi) is 6.13. The van der Waals surface area contributed by atoms with Gasteiger partial charge in [-0.05, 0) is 42.9 Å². The van der Waals surface area contributed by atoms with Gasteiger partial charge in [0.1, 0.15) is 6.61 Å². The molecule has 1 aliphatic heterocycles. The topological polar surface area (TPSA) is 62.7 Å². The van der Waals surface area contributed by atoms with E-state index in [4.69, 9.17) is 4.74 Å². The number of benzene rings is 1. The summed E-state index contributed by atoms with van der Waals surface area (Å²) in [6.07, 6.45) is 7.10. The Balaban J connectivity index is 1.51. The zero-order valence-electron chi connectivity index (χ0n) is 17.5. The maximum Gasteiger partial charge on any atom is 0.249 e. The third kappa shape index (κ3) is 4.24. The lowest BCUT2D eigenvalue weighted by Crippen LogP contribution is -2.53. The maximum atomic E-state index is 13.5. The van der Waals surface area contributed by atoms with Crippen molar-refractivity contribution in [1.29, 1.82) is 0 Å². The predicted molar refractivity (Wildman–Crippen MR) is 114 cm³/mol. The van der Waals surface area contributed by atoms with Gasteiger partial charge in [0.15, 0.2) is 0 Å². The Bertz CT molecular complexity index is 868. The summed E-state index contributed by atoms with van der Waals surface area (Å²) in [5.41, 5.74) is 1.72. The first-order valence-corrected chi connectivity index (χ1v) is 10.7. The van der Waals surface area contributed by atoms with Crippen LogP contribution in [0.5, 0.6) is 0 Å². The summed E-state index contributed by atoms with van der Waals surface area (Å²) in [4.78, 5) is 34.3. The van der Waals surface area contributed by atoms with E-state index in [9.17, 15) is 9.59 Å². The molecular weight excluding hydrogens is 378 g/mol. The molecule has 2 heterocycles. The molecule has 1 saturated heterocycles. The molecule has 2 aromatic rings. The Labute approximate surface area is 177 Å². The van der Waals surface area contributed by atoms with Crippen LogP contribution in [0.4, 0.5) is 0 Å². The van der Waals surface area contributed by atoms with Gasteiger partial charge in [0.2, 0.25) is 11.8 Å². The molecule has 0 bridgehead atoms. The van der Waals surface area contributed by atoms with Gasteiger partial charge in [0, 0.05) is 45.2 Å². The van der Waals surface area contributed by atoms with E-state index in [1.54, 1.807) is 12.4 Å². The van der Waals surface area contributed by atoms with E-state index in [0.29, 0.717) is 13.1 Å². The summed E-state index contributed by atoms with van der Waals surface area (Å²) in [6, 6.07) is 13.9. The number of pyridine rings is 1. The number of carbonyl (C=O) groups excluding carboxylic acids is 2. The minimum absolute atomic E-state index is 0.0165. The molecule has 2 fully saturated rings. The summed E-state index contributed by atoms with van der Waals surface area (Å²) in [7, 11) is 1.54. The van der Waals surface area contributed by atoms with Crippen LogP contribution in [0.15, 0.2) is 54.9 Å². The molecule has 30 heavy (non-hydrogen) atoms. The van der Waals surface area contributed by atoms with E-state index >= 15 is 0 Å². The second-order valence-corrected chi connectivity index (χ2v) is 8.31. The number of likely N-dealkylation sites (tertiary alicyclic amines) is 1. The van der Waals surface area contributed by atoms with Gasteiger partial charge >= 0.3 is 0 Å². The highest BCUT2D eigenvalue weighted by Crippen LogP contribution is 2.49. The SMILES string of the molecule is COCC(=O)N(Cc1cccnc1)C1CCCN(C(=O)C2(c3ccccc3)CC2)C1. The Morgan fingerprint density at radius 1 is 1.20 bits per heavy atom. The molecule has 158 valence electrons. The average Bonchev–Trinajstić information content (AvgIpc) is 3.61. The zero-order valence-corrected chi connectivity index (χ0v) is 17.5. The van der Waals surface area contributed by atoms with Crippen molar-refractivity contribution in [3.63, 3.8) is 0 Å². The number of piperidine rings is 1. The van der Waals surface area contributed by atoms with Gasteiger partial charge in [0.05, 0.1) is 5.41 Å². The molecule has 2 amide bonds. The molecule has 2 aliphatic rings. The minimum Gasteiger partial charge on any atom is -0.375 e. The predicted octanol–water partition coefficient (Wildman–Crippen LogP) is 2.78. The molecule has 0 radical (unpaired) electrons. The van der Waals surface area contributed by atoms with Gasteiger partial charge in [0.25, 0.3) is 0 Å². The minimum atomic E-state index is -0.367. The fourth-order valence-corrected chi connectivity index (χ4v) is 4.52. The van der Waals surface area contributed by atoms with Gasteiger partial charge in [-0.15, -0.1) is 0 Å². The molecule has 1 unspecified atom stereocenters. The summed E-state index contributed by atoms with van der Waals surface area (Å²) in [6.45, 7) is 1.84. The van der Waals surface area contributed by atoms with Crippen LogP contribution >= 0.6 is 0 Å². The van der Waals surface area contributed by atoms with Crippen molar-refractivity contribution in [2.24, 2.45) is 0 Å². The number of rotatable bonds is 7. The molecule has 1 saturated carbocycles. The molecule has 0 spiro atoms. The van der Waals surface area contributed by atoms with E-state index in [-0.39, 0.29) is 29.9 Å². The number of methoxy groups -OCH3 is 1. The van der Waals surface area contributed by atoms with Crippen molar-refractivity contribution in [3.05, 3.63) is 66.0 Å². The Morgan fingerprint density at radius 2 is 2.00 bits per heavy atom. The van der Waals surface area contributed by atoms with Crippen molar-refractivity contribution < 1.29 is 14.3 Å². The highest BCUT2D eigenvalue weighted by Gasteiger charge is 2.53. The van der Waals surface area contributed by atoms with Crippen molar-refractivity contribution in [2.45, 2.75) is 43.7 Å². The molecule has 1 atom stereocenters. The smallest absolute Gasteiger partial charge is 0.249 e. The second kappa shape index (κ2) is 8.96. The van der Waals surface area contributed by atoms with Gasteiger partial charge < -0.3 is 14.5 Å². The number of nitrogens with zero attached hydrogens (tertiary/aromatic N) is 3. The standard InChI is InChI=1S/C24H29N3O3/c1-30-18-22(28)27(16-19-7-5-13-25-15-19)21-10-6-14-26(17-21)23(29)24(11-12-24)20-8-3-2-4-9-20/h2-5,7-9,13,15,21H,6,10-12,14,16-18H2,1H3. The van der Waals surface area contributed by atoms with E-state index in [2.05, 4.69) is 17.1 Å². The largest absolute Gasteiger partial charge is 0.375 e. The molecular formula is C24H29N3O3. The van der Waals surface area contributed by atoms with Crippen LogP contribution in [0.2, 0.25) is 0 Å². The quantitative estimate of drug-likeness (QED) is 0.708. The molecule has 1 aliphatic carbocycles. The van der Waals surface area contributed by atoms with Crippen LogP contribution in [0, 0.1) is 0 Å². The number of hydrogen-bond donors (Lipinski definition) is 0. The highest BCUT2D eigenvalue weighted by molar-refractivity contribution is 5.91. The zero-order chi connectivity index (χ0) is 21.0. The average molecular weight is 408 g/mol. The first-order chi connectivity index (χ1) is 14.6. The monoisotopic (exact) mass is 407 g/mol. The fourth-order valence-electron chi connectivity index (χ4n) is 4.52. The lowest BCUT2D eigenvalue weighted by Gasteiger charge is -2.40. The second-order valence-electron chi connectivity index (χ2n) is 8.31. The van der Waals surface area contributed by atoms with E-state index < -0.39 is 0 Å². The maximum absolute atomic E-state index is 13.5. The molecule has 0 N–H and O–H groups in total. The van der Waals surface area contributed by atoms with Crippen LogP contribution in [0.25, 0.3) is 0 Å². The molecule has 6 nitrogen and oxygen atoms in total. The van der Waals surface area contributed by atoms with Gasteiger partial charge in [-0.25, -0.2) is 0 Å². The van der Waals surface area contributed by atoms with Crippen LogP contribution in [-0.2, 0) is 26.3 Å². The molecule has 1 aromatic carbocycles. The van der Waals surface area contributed by atoms with Crippen molar-refractivity contribution >= 4 is 11.8 Å². The van der Waals surface area contributed by atoms with Crippen molar-refractivity contribution in [3.8, 4) is 0 Å². The Hall–Kier alpha value is -2.73. The highest BCUT2D eigenvalue weighted by atomic mass is 16.5. The van der Waals surface area contributed by atoms with Crippen LogP contribution in [0.3, 0.4) is 0 Å². The number of carbonyl (C=O) groups is 2. The van der Waals surface area contributed by atoms with Crippen LogP contribution in [-0.4, -0.2) is 59.4 Å². The van der Waals surface area contributed by atoms with Gasteiger partial charge in [-0.2, -0.15) is 0 Å². The lowest BCUT2D eigenvalue weighted by atomic mass is 9.92. The summed E-state index contributed by atoms with van der Waals surface area (Å²) in [5.74, 6) is 0.156. The van der Waals surface area contributed by atoms with E-state index in [0.717, 1.165) is 43.4 Å². The number of hydrogen-bond acceptors (Lipinski definition) is 4. The van der Waals surface area contributed by atoms with Crippen LogP contribution in [0.1, 0.15) is 36.8 Å². The van der Waals surface area contributed by atoms with Gasteiger partial charge in [-0.1, -0.05) is 36.4 Å². The number of aromatic nitrogens is 1. The molecule has 4 rings (SSSR count). The van der Waals surface area contributed by atoms with Crippen molar-refractivity contribution in [1.82, 2.24) is 14.8 Å². The van der Waals surface area contributed by atoms with E-state index in [1.165, 1.54) is 7.11 Å². The molecule has 1 aromatic heterocycles. The molecule has 6 heteroatoms. The number of amides is 2. The third-order valence-corrected chi connectivity index (χ3v) is 6.27. The lowest BCUT2D eigenvalue weighted by molar-refractivity contribution is -0.144. The van der Waals surface area contributed by atoms with E-state index in [1.807, 2.05) is 40.1 Å². The Morgan fingerprint density at radius 3 is 2.67 bits per heavy atom. The van der Waals surface area contributed by atoms with Crippen LogP contribution < -0.4 is 0 Å². The van der Waals surface area contributed by atoms with Gasteiger partial charge in [-0.3, -0.25) is 14.6 Å². The first kappa shape index (κ1) is 20.5. The normalized spacial score (nSPS) is 19.9. The third-order valence-electron chi connectivity index (χ3n) is 6.27. The fraction of sp³-hybridized carbons (Fsp3) is 0.458. The first-order valence-electron chi connectivity index (χ1n) is 10.7. The summed E-state index contributed by atoms with van der Waals surface area (Å²) >= 11 is 0. The van der Waals surface area contributed by atoms with Crippen molar-refractivity contribution in [2.75, 3.05) is 26.8 Å². The summed E-state index contributed by atoms with van der Waals surface area (Å²) < 4.78 is 5.12. The number of ether oxygens (including phenoxy) is 1. The summed E-state index contributed by atoms with van der Waals surface area (Å²) in [5, 5.41) is 0.